The Hall–Kier alpha value is -1.38. The molecule has 1 aliphatic rings. The summed E-state index contributed by atoms with van der Waals surface area (Å²) in [7, 11) is -0.0771. The Morgan fingerprint density at radius 1 is 1.41 bits per heavy atom. The number of methoxy groups -OCH3 is 2. The zero-order valence-corrected chi connectivity index (χ0v) is 14.0. The summed E-state index contributed by atoms with van der Waals surface area (Å²) in [5, 5.41) is -0.371. The van der Waals surface area contributed by atoms with Crippen LogP contribution in [-0.4, -0.2) is 57.4 Å². The first-order valence-electron chi connectivity index (χ1n) is 7.28. The van der Waals surface area contributed by atoms with Crippen LogP contribution in [0.4, 0.5) is 0 Å². The van der Waals surface area contributed by atoms with E-state index in [0.717, 1.165) is 12.2 Å². The van der Waals surface area contributed by atoms with Gasteiger partial charge in [0.05, 0.1) is 19.5 Å². The number of rotatable bonds is 7. The molecule has 2 heterocycles. The number of nitrogens with zero attached hydrogens (tertiary/aromatic N) is 2. The number of sulfonamides is 1. The van der Waals surface area contributed by atoms with Crippen LogP contribution >= 0.6 is 0 Å². The van der Waals surface area contributed by atoms with E-state index in [1.165, 1.54) is 0 Å². The predicted molar refractivity (Wildman–Crippen MR) is 83.6 cm³/mol. The molecule has 1 unspecified atom stereocenters. The van der Waals surface area contributed by atoms with Gasteiger partial charge in [0.15, 0.2) is 11.5 Å². The molecule has 0 aromatic carbocycles. The van der Waals surface area contributed by atoms with Crippen LogP contribution in [0.2, 0.25) is 0 Å². The highest BCUT2D eigenvalue weighted by Gasteiger charge is 2.33. The molecular weight excluding hydrogens is 306 g/mol. The Bertz CT molecular complexity index is 606. The molecular formula is C14H23N3O4S. The molecule has 7 nitrogen and oxygen atoms in total. The van der Waals surface area contributed by atoms with Crippen LogP contribution < -0.4 is 14.2 Å². The fourth-order valence-electron chi connectivity index (χ4n) is 2.69. The number of hydrogen-bond acceptors (Lipinski definition) is 6. The summed E-state index contributed by atoms with van der Waals surface area (Å²) < 4.78 is 37.3. The predicted octanol–water partition coefficient (Wildman–Crippen LogP) is 0.612. The summed E-state index contributed by atoms with van der Waals surface area (Å²) in [6, 6.07) is 1.74. The lowest BCUT2D eigenvalue weighted by molar-refractivity contribution is 0.306. The van der Waals surface area contributed by atoms with Crippen LogP contribution in [0.25, 0.3) is 0 Å². The van der Waals surface area contributed by atoms with Crippen LogP contribution in [0.5, 0.6) is 11.5 Å². The molecule has 0 aliphatic carbocycles. The minimum atomic E-state index is -3.23. The molecule has 1 aromatic heterocycles. The van der Waals surface area contributed by atoms with Crippen molar-refractivity contribution in [1.29, 1.82) is 0 Å². The van der Waals surface area contributed by atoms with Gasteiger partial charge in [-0.1, -0.05) is 6.92 Å². The molecule has 8 heteroatoms. The van der Waals surface area contributed by atoms with Crippen LogP contribution in [-0.2, 0) is 16.6 Å². The minimum absolute atomic E-state index is 0.371. The summed E-state index contributed by atoms with van der Waals surface area (Å²) in [4.78, 5) is 6.41. The zero-order chi connectivity index (χ0) is 16.2. The van der Waals surface area contributed by atoms with Gasteiger partial charge >= 0.3 is 0 Å². The Labute approximate surface area is 131 Å². The van der Waals surface area contributed by atoms with Crippen molar-refractivity contribution in [3.63, 3.8) is 0 Å². The third kappa shape index (κ3) is 3.68. The van der Waals surface area contributed by atoms with Gasteiger partial charge in [-0.3, -0.25) is 9.88 Å². The van der Waals surface area contributed by atoms with Crippen molar-refractivity contribution < 1.29 is 17.9 Å². The molecule has 0 bridgehead atoms. The maximum atomic E-state index is 12.1. The van der Waals surface area contributed by atoms with Gasteiger partial charge in [0.25, 0.3) is 0 Å². The number of aromatic nitrogens is 1. The van der Waals surface area contributed by atoms with Crippen molar-refractivity contribution in [2.45, 2.75) is 25.1 Å². The SMILES string of the molecule is CCNS(=O)(=O)C1CCN(Cc2nccc(OC)c2OC)C1. The summed E-state index contributed by atoms with van der Waals surface area (Å²) in [5.41, 5.74) is 0.753. The second-order valence-electron chi connectivity index (χ2n) is 5.18. The van der Waals surface area contributed by atoms with E-state index in [2.05, 4.69) is 14.6 Å². The number of pyridine rings is 1. The maximum Gasteiger partial charge on any atom is 0.215 e. The van der Waals surface area contributed by atoms with E-state index in [4.69, 9.17) is 9.47 Å². The van der Waals surface area contributed by atoms with Gasteiger partial charge in [0.2, 0.25) is 10.0 Å². The molecule has 1 saturated heterocycles. The number of nitrogens with one attached hydrogen (secondary N) is 1. The molecule has 0 amide bonds. The maximum absolute atomic E-state index is 12.1. The lowest BCUT2D eigenvalue weighted by Gasteiger charge is -2.18. The van der Waals surface area contributed by atoms with Crippen LogP contribution in [0.15, 0.2) is 12.3 Å². The van der Waals surface area contributed by atoms with Gasteiger partial charge in [0, 0.05) is 31.9 Å². The van der Waals surface area contributed by atoms with Crippen molar-refractivity contribution >= 4 is 10.0 Å². The molecule has 22 heavy (non-hydrogen) atoms. The molecule has 0 saturated carbocycles. The molecule has 1 N–H and O–H groups in total. The lowest BCUT2D eigenvalue weighted by Crippen LogP contribution is -2.36. The van der Waals surface area contributed by atoms with E-state index in [-0.39, 0.29) is 5.25 Å². The average molecular weight is 329 g/mol. The normalized spacial score (nSPS) is 19.3. The highest BCUT2D eigenvalue weighted by Crippen LogP contribution is 2.30. The highest BCUT2D eigenvalue weighted by atomic mass is 32.2. The van der Waals surface area contributed by atoms with E-state index in [1.807, 2.05) is 0 Å². The van der Waals surface area contributed by atoms with Gasteiger partial charge in [-0.25, -0.2) is 13.1 Å². The molecule has 1 aromatic rings. The molecule has 0 spiro atoms. The van der Waals surface area contributed by atoms with Crippen LogP contribution in [0.1, 0.15) is 19.0 Å². The Morgan fingerprint density at radius 3 is 2.82 bits per heavy atom. The summed E-state index contributed by atoms with van der Waals surface area (Å²) in [5.74, 6) is 1.23. The molecule has 124 valence electrons. The number of ether oxygens (including phenoxy) is 2. The van der Waals surface area contributed by atoms with E-state index < -0.39 is 10.0 Å². The zero-order valence-electron chi connectivity index (χ0n) is 13.2. The largest absolute Gasteiger partial charge is 0.493 e. The van der Waals surface area contributed by atoms with E-state index >= 15 is 0 Å². The van der Waals surface area contributed by atoms with Crippen LogP contribution in [0, 0.1) is 0 Å². The third-order valence-electron chi connectivity index (χ3n) is 3.75. The van der Waals surface area contributed by atoms with E-state index in [9.17, 15) is 8.42 Å². The smallest absolute Gasteiger partial charge is 0.215 e. The Morgan fingerprint density at radius 2 is 2.18 bits per heavy atom. The number of hydrogen-bond donors (Lipinski definition) is 1. The lowest BCUT2D eigenvalue weighted by atomic mass is 10.3. The van der Waals surface area contributed by atoms with Crippen molar-refractivity contribution in [3.8, 4) is 11.5 Å². The van der Waals surface area contributed by atoms with Gasteiger partial charge in [-0.15, -0.1) is 0 Å². The second kappa shape index (κ2) is 7.26. The molecule has 1 fully saturated rings. The highest BCUT2D eigenvalue weighted by molar-refractivity contribution is 7.90. The molecule has 1 atom stereocenters. The van der Waals surface area contributed by atoms with Crippen molar-refractivity contribution in [2.75, 3.05) is 33.9 Å². The van der Waals surface area contributed by atoms with E-state index in [0.29, 0.717) is 37.6 Å². The fourth-order valence-corrected chi connectivity index (χ4v) is 4.15. The first kappa shape index (κ1) is 17.0. The monoisotopic (exact) mass is 329 g/mol. The fraction of sp³-hybridized carbons (Fsp3) is 0.643. The standard InChI is InChI=1S/C14H23N3O4S/c1-4-16-22(18,19)11-6-8-17(9-11)10-12-14(21-3)13(20-2)5-7-15-12/h5,7,11,16H,4,6,8-10H2,1-3H3. The van der Waals surface area contributed by atoms with Crippen molar-refractivity contribution in [1.82, 2.24) is 14.6 Å². The molecule has 2 rings (SSSR count). The van der Waals surface area contributed by atoms with Gasteiger partial charge in [-0.2, -0.15) is 0 Å². The average Bonchev–Trinajstić information content (AvgIpc) is 2.96. The topological polar surface area (TPSA) is 80.8 Å². The summed E-state index contributed by atoms with van der Waals surface area (Å²) >= 11 is 0. The molecule has 1 aliphatic heterocycles. The van der Waals surface area contributed by atoms with Gasteiger partial charge in [0.1, 0.15) is 5.69 Å². The first-order valence-corrected chi connectivity index (χ1v) is 8.83. The molecule has 0 radical (unpaired) electrons. The Kier molecular flexibility index (Phi) is 5.60. The first-order chi connectivity index (χ1) is 10.5. The van der Waals surface area contributed by atoms with Crippen molar-refractivity contribution in [2.24, 2.45) is 0 Å². The van der Waals surface area contributed by atoms with Gasteiger partial charge < -0.3 is 9.47 Å². The van der Waals surface area contributed by atoms with Gasteiger partial charge in [-0.05, 0) is 13.0 Å². The third-order valence-corrected chi connectivity index (χ3v) is 5.71. The second-order valence-corrected chi connectivity index (χ2v) is 7.23. The summed E-state index contributed by atoms with van der Waals surface area (Å²) in [6.07, 6.45) is 2.29. The van der Waals surface area contributed by atoms with Crippen molar-refractivity contribution in [3.05, 3.63) is 18.0 Å². The Balaban J connectivity index is 2.08. The van der Waals surface area contributed by atoms with Crippen LogP contribution in [0.3, 0.4) is 0 Å². The quantitative estimate of drug-likeness (QED) is 0.789. The number of likely N-dealkylation sites (tertiary alicyclic amines) is 1. The van der Waals surface area contributed by atoms with E-state index in [1.54, 1.807) is 33.4 Å². The minimum Gasteiger partial charge on any atom is -0.493 e. The summed E-state index contributed by atoms with van der Waals surface area (Å²) in [6.45, 7) is 3.96.